The number of rotatable bonds is 18. The lowest BCUT2D eigenvalue weighted by Crippen LogP contribution is -2.11. The monoisotopic (exact) mass is 728 g/mol. The summed E-state index contributed by atoms with van der Waals surface area (Å²) in [5, 5.41) is 2.44. The van der Waals surface area contributed by atoms with Gasteiger partial charge in [0.15, 0.2) is 0 Å². The van der Waals surface area contributed by atoms with Gasteiger partial charge in [-0.3, -0.25) is 4.98 Å². The number of benzene rings is 5. The minimum atomic E-state index is 0.606. The fourth-order valence-corrected chi connectivity index (χ4v) is 7.71. The minimum Gasteiger partial charge on any atom is -0.493 e. The van der Waals surface area contributed by atoms with Crippen LogP contribution in [-0.2, 0) is 0 Å². The van der Waals surface area contributed by atoms with Crippen LogP contribution in [0.25, 0.3) is 61.0 Å². The second-order valence-electron chi connectivity index (χ2n) is 15.1. The predicted octanol–water partition coefficient (Wildman–Crippen LogP) is 14.4. The normalized spacial score (nSPS) is 12.6. The third kappa shape index (κ3) is 8.97. The van der Waals surface area contributed by atoms with Gasteiger partial charge in [-0.2, -0.15) is 0 Å². The largest absolute Gasteiger partial charge is 0.493 e. The van der Waals surface area contributed by atoms with Gasteiger partial charge < -0.3 is 14.0 Å². The molecule has 4 heteroatoms. The van der Waals surface area contributed by atoms with Gasteiger partial charge in [-0.15, -0.1) is 0 Å². The molecule has 0 aliphatic carbocycles. The first-order valence-electron chi connectivity index (χ1n) is 20.6. The van der Waals surface area contributed by atoms with Crippen LogP contribution in [0, 0.1) is 11.8 Å². The van der Waals surface area contributed by atoms with Gasteiger partial charge >= 0.3 is 0 Å². The van der Waals surface area contributed by atoms with Crippen molar-refractivity contribution in [2.75, 3.05) is 13.2 Å². The van der Waals surface area contributed by atoms with Crippen molar-refractivity contribution in [3.05, 3.63) is 134 Å². The number of nitrogens with zero attached hydrogens (tertiary/aromatic N) is 2. The molecular formula is C51H56N2O2. The van der Waals surface area contributed by atoms with E-state index in [0.717, 1.165) is 54.5 Å². The quantitative estimate of drug-likeness (QED) is 0.0883. The summed E-state index contributed by atoms with van der Waals surface area (Å²) in [5.74, 6) is 3.09. The zero-order valence-corrected chi connectivity index (χ0v) is 33.1. The van der Waals surface area contributed by atoms with E-state index < -0.39 is 0 Å². The van der Waals surface area contributed by atoms with Crippen molar-refractivity contribution in [2.24, 2.45) is 11.8 Å². The molecule has 7 rings (SSSR count). The van der Waals surface area contributed by atoms with E-state index in [1.807, 2.05) is 18.3 Å². The SMILES string of the molecule is CCCCC(CC)COc1ccc(-c2ccc3c(c2)c2cc(-c4ccc(OCC(CC)CCCC)cc4)ccc2n3-c2cccc(-c3ccccn3)c2)cc1. The molecule has 0 saturated carbocycles. The van der Waals surface area contributed by atoms with E-state index >= 15 is 0 Å². The van der Waals surface area contributed by atoms with Gasteiger partial charge in [0, 0.05) is 28.2 Å². The van der Waals surface area contributed by atoms with Crippen LogP contribution in [0.3, 0.4) is 0 Å². The van der Waals surface area contributed by atoms with Gasteiger partial charge in [0.1, 0.15) is 11.5 Å². The molecule has 2 atom stereocenters. The third-order valence-corrected chi connectivity index (χ3v) is 11.3. The van der Waals surface area contributed by atoms with Crippen LogP contribution in [0.1, 0.15) is 79.1 Å². The predicted molar refractivity (Wildman–Crippen MR) is 232 cm³/mol. The van der Waals surface area contributed by atoms with E-state index in [-0.39, 0.29) is 0 Å². The Balaban J connectivity index is 1.23. The number of fused-ring (bicyclic) bond motifs is 3. The third-order valence-electron chi connectivity index (χ3n) is 11.3. The summed E-state index contributed by atoms with van der Waals surface area (Å²) in [5.41, 5.74) is 10.2. The highest BCUT2D eigenvalue weighted by Crippen LogP contribution is 2.38. The molecule has 0 amide bonds. The van der Waals surface area contributed by atoms with Crippen molar-refractivity contribution < 1.29 is 9.47 Å². The van der Waals surface area contributed by atoms with E-state index in [0.29, 0.717) is 11.8 Å². The van der Waals surface area contributed by atoms with Crippen LogP contribution in [-0.4, -0.2) is 22.8 Å². The number of unbranched alkanes of at least 4 members (excludes halogenated alkanes) is 2. The number of pyridine rings is 1. The molecule has 2 heterocycles. The first-order chi connectivity index (χ1) is 27.1. The number of aromatic nitrogens is 2. The molecule has 0 fully saturated rings. The molecule has 0 aliphatic heterocycles. The molecule has 0 radical (unpaired) electrons. The Bertz CT molecular complexity index is 2150. The summed E-state index contributed by atoms with van der Waals surface area (Å²) >= 11 is 0. The number of ether oxygens (including phenoxy) is 2. The van der Waals surface area contributed by atoms with Gasteiger partial charge in [-0.05, 0) is 120 Å². The molecule has 282 valence electrons. The maximum atomic E-state index is 6.26. The zero-order chi connectivity index (χ0) is 38.0. The van der Waals surface area contributed by atoms with Crippen molar-refractivity contribution in [3.63, 3.8) is 0 Å². The summed E-state index contributed by atoms with van der Waals surface area (Å²) < 4.78 is 14.9. The van der Waals surface area contributed by atoms with E-state index in [2.05, 4.69) is 153 Å². The van der Waals surface area contributed by atoms with Crippen molar-refractivity contribution in [2.45, 2.75) is 79.1 Å². The van der Waals surface area contributed by atoms with Crippen LogP contribution in [0.5, 0.6) is 11.5 Å². The van der Waals surface area contributed by atoms with Gasteiger partial charge in [0.05, 0.1) is 29.9 Å². The average molecular weight is 729 g/mol. The van der Waals surface area contributed by atoms with E-state index in [4.69, 9.17) is 9.47 Å². The van der Waals surface area contributed by atoms with Gasteiger partial charge in [-0.1, -0.05) is 121 Å². The summed E-state index contributed by atoms with van der Waals surface area (Å²) in [6.45, 7) is 10.6. The fraction of sp³-hybridized carbons (Fsp3) is 0.314. The molecule has 55 heavy (non-hydrogen) atoms. The molecule has 4 nitrogen and oxygen atoms in total. The van der Waals surface area contributed by atoms with Gasteiger partial charge in [-0.25, -0.2) is 0 Å². The Morgan fingerprint density at radius 2 is 1.04 bits per heavy atom. The Morgan fingerprint density at radius 3 is 1.51 bits per heavy atom. The standard InChI is InChI=1S/C51H56N2O2/c1-5-9-14-37(7-3)35-54-45-25-19-39(20-26-45)41-23-29-50-47(33-41)48-34-42(40-21-27-46(28-22-40)55-36-38(8-4)15-10-6-2)24-30-51(48)53(50)44-17-13-16-43(32-44)49-18-11-12-31-52-49/h11-13,16-34,37-38H,5-10,14-15,35-36H2,1-4H3. The molecule has 0 aliphatic rings. The number of hydrogen-bond donors (Lipinski definition) is 0. The molecule has 7 aromatic rings. The average Bonchev–Trinajstić information content (AvgIpc) is 3.57. The van der Waals surface area contributed by atoms with E-state index in [1.54, 1.807) is 0 Å². The van der Waals surface area contributed by atoms with Crippen molar-refractivity contribution >= 4 is 21.8 Å². The van der Waals surface area contributed by atoms with Crippen LogP contribution < -0.4 is 9.47 Å². The van der Waals surface area contributed by atoms with Crippen LogP contribution >= 0.6 is 0 Å². The van der Waals surface area contributed by atoms with Crippen molar-refractivity contribution in [1.82, 2.24) is 9.55 Å². The molecule has 2 aromatic heterocycles. The first kappa shape index (κ1) is 37.9. The smallest absolute Gasteiger partial charge is 0.119 e. The Hall–Kier alpha value is -5.35. The van der Waals surface area contributed by atoms with Gasteiger partial charge in [0.2, 0.25) is 0 Å². The molecule has 0 N–H and O–H groups in total. The molecule has 0 spiro atoms. The Morgan fingerprint density at radius 1 is 0.509 bits per heavy atom. The molecule has 0 bridgehead atoms. The fourth-order valence-electron chi connectivity index (χ4n) is 7.71. The second kappa shape index (κ2) is 18.3. The van der Waals surface area contributed by atoms with Crippen LogP contribution in [0.4, 0.5) is 0 Å². The van der Waals surface area contributed by atoms with Crippen LogP contribution in [0.2, 0.25) is 0 Å². The summed E-state index contributed by atoms with van der Waals surface area (Å²) in [6, 6.07) is 45.8. The molecular weight excluding hydrogens is 673 g/mol. The summed E-state index contributed by atoms with van der Waals surface area (Å²) in [4.78, 5) is 4.64. The van der Waals surface area contributed by atoms with Crippen molar-refractivity contribution in [1.29, 1.82) is 0 Å². The van der Waals surface area contributed by atoms with Crippen molar-refractivity contribution in [3.8, 4) is 50.7 Å². The van der Waals surface area contributed by atoms with E-state index in [1.165, 1.54) is 82.6 Å². The maximum absolute atomic E-state index is 6.26. The lowest BCUT2D eigenvalue weighted by molar-refractivity contribution is 0.233. The maximum Gasteiger partial charge on any atom is 0.119 e. The topological polar surface area (TPSA) is 36.3 Å². The van der Waals surface area contributed by atoms with Crippen LogP contribution in [0.15, 0.2) is 134 Å². The first-order valence-corrected chi connectivity index (χ1v) is 20.6. The number of hydrogen-bond acceptors (Lipinski definition) is 3. The lowest BCUT2D eigenvalue weighted by Gasteiger charge is -2.15. The van der Waals surface area contributed by atoms with Gasteiger partial charge in [0.25, 0.3) is 0 Å². The summed E-state index contributed by atoms with van der Waals surface area (Å²) in [7, 11) is 0. The highest BCUT2D eigenvalue weighted by Gasteiger charge is 2.16. The molecule has 0 saturated heterocycles. The highest BCUT2D eigenvalue weighted by atomic mass is 16.5. The second-order valence-corrected chi connectivity index (χ2v) is 15.1. The molecule has 5 aromatic carbocycles. The lowest BCUT2D eigenvalue weighted by atomic mass is 10.00. The highest BCUT2D eigenvalue weighted by molar-refractivity contribution is 6.11. The minimum absolute atomic E-state index is 0.606. The Labute approximate surface area is 328 Å². The molecule has 2 unspecified atom stereocenters. The Kier molecular flexibility index (Phi) is 12.6. The summed E-state index contributed by atoms with van der Waals surface area (Å²) in [6.07, 6.45) is 11.6. The van der Waals surface area contributed by atoms with E-state index in [9.17, 15) is 0 Å². The zero-order valence-electron chi connectivity index (χ0n) is 33.1.